The van der Waals surface area contributed by atoms with Crippen molar-refractivity contribution >= 4 is 0 Å². The van der Waals surface area contributed by atoms with Crippen LogP contribution in [0.1, 0.15) is 5.69 Å². The minimum Gasteiger partial charge on any atom is -0.261 e. The maximum atomic E-state index is 9.35. The SMILES string of the molecule is C=C/C=C(\C=C)C(C#N)Cc1ccc(-c2ccccc2)cn1. The summed E-state index contributed by atoms with van der Waals surface area (Å²) in [7, 11) is 0. The number of nitriles is 1. The predicted molar refractivity (Wildman–Crippen MR) is 91.0 cm³/mol. The highest BCUT2D eigenvalue weighted by atomic mass is 14.7. The molecule has 0 aliphatic rings. The molecular weight excluding hydrogens is 268 g/mol. The first-order chi connectivity index (χ1) is 10.8. The first kappa shape index (κ1) is 15.5. The molecule has 0 fully saturated rings. The van der Waals surface area contributed by atoms with E-state index in [-0.39, 0.29) is 5.92 Å². The summed E-state index contributed by atoms with van der Waals surface area (Å²) < 4.78 is 0. The van der Waals surface area contributed by atoms with Gasteiger partial charge in [-0.25, -0.2) is 0 Å². The Labute approximate surface area is 131 Å². The highest BCUT2D eigenvalue weighted by Gasteiger charge is 2.12. The Morgan fingerprint density at radius 2 is 1.91 bits per heavy atom. The maximum Gasteiger partial charge on any atom is 0.0767 e. The summed E-state index contributed by atoms with van der Waals surface area (Å²) in [4.78, 5) is 4.48. The average Bonchev–Trinajstić information content (AvgIpc) is 2.59. The van der Waals surface area contributed by atoms with Crippen molar-refractivity contribution in [1.29, 1.82) is 5.26 Å². The van der Waals surface area contributed by atoms with Crippen molar-refractivity contribution in [2.24, 2.45) is 5.92 Å². The maximum absolute atomic E-state index is 9.35. The van der Waals surface area contributed by atoms with Gasteiger partial charge in [0.1, 0.15) is 0 Å². The Morgan fingerprint density at radius 1 is 1.14 bits per heavy atom. The van der Waals surface area contributed by atoms with Crippen LogP contribution in [0.25, 0.3) is 11.1 Å². The number of pyridine rings is 1. The third-order valence-electron chi connectivity index (χ3n) is 3.45. The molecule has 0 saturated heterocycles. The van der Waals surface area contributed by atoms with Gasteiger partial charge in [-0.3, -0.25) is 4.98 Å². The number of rotatable bonds is 6. The molecule has 0 saturated carbocycles. The minimum atomic E-state index is -0.259. The molecule has 0 spiro atoms. The zero-order valence-electron chi connectivity index (χ0n) is 12.4. The predicted octanol–water partition coefficient (Wildman–Crippen LogP) is 4.73. The van der Waals surface area contributed by atoms with Crippen LogP contribution >= 0.6 is 0 Å². The van der Waals surface area contributed by atoms with Crippen molar-refractivity contribution in [3.63, 3.8) is 0 Å². The van der Waals surface area contributed by atoms with Crippen molar-refractivity contribution in [3.05, 3.63) is 91.3 Å². The fourth-order valence-corrected chi connectivity index (χ4v) is 2.26. The van der Waals surface area contributed by atoms with Crippen LogP contribution in [0.3, 0.4) is 0 Å². The Kier molecular flexibility index (Phi) is 5.45. The van der Waals surface area contributed by atoms with Gasteiger partial charge >= 0.3 is 0 Å². The van der Waals surface area contributed by atoms with Gasteiger partial charge in [0.05, 0.1) is 12.0 Å². The number of aromatic nitrogens is 1. The smallest absolute Gasteiger partial charge is 0.0767 e. The molecule has 1 aromatic carbocycles. The zero-order chi connectivity index (χ0) is 15.8. The van der Waals surface area contributed by atoms with E-state index in [1.165, 1.54) is 0 Å². The number of hydrogen-bond acceptors (Lipinski definition) is 2. The van der Waals surface area contributed by atoms with E-state index in [0.717, 1.165) is 22.4 Å². The molecule has 0 bridgehead atoms. The van der Waals surface area contributed by atoms with E-state index in [1.54, 1.807) is 12.2 Å². The van der Waals surface area contributed by atoms with Gasteiger partial charge in [0.25, 0.3) is 0 Å². The van der Waals surface area contributed by atoms with Crippen LogP contribution in [-0.4, -0.2) is 4.98 Å². The fourth-order valence-electron chi connectivity index (χ4n) is 2.26. The Bertz CT molecular complexity index is 704. The molecule has 108 valence electrons. The molecule has 0 aliphatic heterocycles. The van der Waals surface area contributed by atoms with Crippen LogP contribution in [0.5, 0.6) is 0 Å². The second-order valence-electron chi connectivity index (χ2n) is 4.90. The molecule has 2 nitrogen and oxygen atoms in total. The lowest BCUT2D eigenvalue weighted by Gasteiger charge is -2.10. The monoisotopic (exact) mass is 286 g/mol. The second kappa shape index (κ2) is 7.75. The summed E-state index contributed by atoms with van der Waals surface area (Å²) in [6, 6.07) is 16.4. The number of allylic oxidation sites excluding steroid dienone is 4. The molecule has 0 aliphatic carbocycles. The lowest BCUT2D eigenvalue weighted by Crippen LogP contribution is -2.05. The average molecular weight is 286 g/mol. The molecule has 2 heteroatoms. The van der Waals surface area contributed by atoms with E-state index in [0.29, 0.717) is 6.42 Å². The number of benzene rings is 1. The van der Waals surface area contributed by atoms with E-state index >= 15 is 0 Å². The molecule has 22 heavy (non-hydrogen) atoms. The van der Waals surface area contributed by atoms with Crippen LogP contribution in [-0.2, 0) is 6.42 Å². The third-order valence-corrected chi connectivity index (χ3v) is 3.45. The fraction of sp³-hybridized carbons (Fsp3) is 0.100. The standard InChI is InChI=1S/C20H18N2/c1-3-8-16(4-2)19(14-21)13-20-12-11-18(15-22-20)17-9-6-5-7-10-17/h3-12,15,19H,1-2,13H2/b16-8+. The van der Waals surface area contributed by atoms with Gasteiger partial charge in [-0.1, -0.05) is 67.8 Å². The van der Waals surface area contributed by atoms with Crippen molar-refractivity contribution in [2.75, 3.05) is 0 Å². The summed E-state index contributed by atoms with van der Waals surface area (Å²) >= 11 is 0. The normalized spacial score (nSPS) is 12.2. The van der Waals surface area contributed by atoms with Gasteiger partial charge in [0.2, 0.25) is 0 Å². The number of nitrogens with zero attached hydrogens (tertiary/aromatic N) is 2. The highest BCUT2D eigenvalue weighted by molar-refractivity contribution is 5.62. The molecule has 1 aromatic heterocycles. The van der Waals surface area contributed by atoms with Crippen LogP contribution in [0.4, 0.5) is 0 Å². The summed E-state index contributed by atoms with van der Waals surface area (Å²) in [6.45, 7) is 7.42. The lowest BCUT2D eigenvalue weighted by molar-refractivity contribution is 0.765. The summed E-state index contributed by atoms with van der Waals surface area (Å²) in [5.74, 6) is -0.259. The van der Waals surface area contributed by atoms with E-state index < -0.39 is 0 Å². The largest absolute Gasteiger partial charge is 0.261 e. The number of hydrogen-bond donors (Lipinski definition) is 0. The van der Waals surface area contributed by atoms with E-state index in [9.17, 15) is 5.26 Å². The van der Waals surface area contributed by atoms with Crippen LogP contribution in [0.2, 0.25) is 0 Å². The van der Waals surface area contributed by atoms with Gasteiger partial charge in [-0.15, -0.1) is 0 Å². The van der Waals surface area contributed by atoms with Gasteiger partial charge in [-0.05, 0) is 17.2 Å². The Morgan fingerprint density at radius 3 is 2.45 bits per heavy atom. The zero-order valence-corrected chi connectivity index (χ0v) is 12.4. The third kappa shape index (κ3) is 3.80. The summed E-state index contributed by atoms with van der Waals surface area (Å²) in [6.07, 6.45) is 7.61. The van der Waals surface area contributed by atoms with Gasteiger partial charge in [-0.2, -0.15) is 5.26 Å². The first-order valence-electron chi connectivity index (χ1n) is 7.13. The van der Waals surface area contributed by atoms with Gasteiger partial charge < -0.3 is 0 Å². The molecule has 1 atom stereocenters. The van der Waals surface area contributed by atoms with Crippen molar-refractivity contribution in [1.82, 2.24) is 4.98 Å². The quantitative estimate of drug-likeness (QED) is 0.720. The van der Waals surface area contributed by atoms with Gasteiger partial charge in [0.15, 0.2) is 0 Å². The molecule has 0 N–H and O–H groups in total. The Hall–Kier alpha value is -2.92. The van der Waals surface area contributed by atoms with E-state index in [1.807, 2.05) is 42.6 Å². The first-order valence-corrected chi connectivity index (χ1v) is 7.13. The second-order valence-corrected chi connectivity index (χ2v) is 4.90. The van der Waals surface area contributed by atoms with E-state index in [2.05, 4.69) is 36.3 Å². The molecule has 1 unspecified atom stereocenters. The van der Waals surface area contributed by atoms with Gasteiger partial charge in [0, 0.05) is 23.9 Å². The topological polar surface area (TPSA) is 36.7 Å². The summed E-state index contributed by atoms with van der Waals surface area (Å²) in [5, 5.41) is 9.35. The van der Waals surface area contributed by atoms with Crippen molar-refractivity contribution in [2.45, 2.75) is 6.42 Å². The summed E-state index contributed by atoms with van der Waals surface area (Å²) in [5.41, 5.74) is 3.97. The molecular formula is C20H18N2. The molecule has 1 heterocycles. The highest BCUT2D eigenvalue weighted by Crippen LogP contribution is 2.20. The molecule has 2 aromatic rings. The lowest BCUT2D eigenvalue weighted by atomic mass is 9.94. The van der Waals surface area contributed by atoms with Crippen LogP contribution < -0.4 is 0 Å². The minimum absolute atomic E-state index is 0.259. The van der Waals surface area contributed by atoms with Crippen LogP contribution in [0, 0.1) is 17.2 Å². The molecule has 0 amide bonds. The van der Waals surface area contributed by atoms with E-state index in [4.69, 9.17) is 0 Å². The molecule has 2 rings (SSSR count). The molecule has 0 radical (unpaired) electrons. The van der Waals surface area contributed by atoms with Crippen molar-refractivity contribution < 1.29 is 0 Å². The van der Waals surface area contributed by atoms with Crippen molar-refractivity contribution in [3.8, 4) is 17.2 Å². The van der Waals surface area contributed by atoms with Crippen LogP contribution in [0.15, 0.2) is 85.6 Å². The Balaban J connectivity index is 2.17.